The van der Waals surface area contributed by atoms with Crippen molar-refractivity contribution in [3.63, 3.8) is 0 Å². The maximum atomic E-state index is 12.2. The molecular weight excluding hydrogens is 282 g/mol. The third kappa shape index (κ3) is 2.98. The van der Waals surface area contributed by atoms with Crippen molar-refractivity contribution in [3.05, 3.63) is 40.3 Å². The van der Waals surface area contributed by atoms with Crippen LogP contribution in [0.1, 0.15) is 42.0 Å². The van der Waals surface area contributed by atoms with Crippen LogP contribution >= 0.6 is 0 Å². The van der Waals surface area contributed by atoms with Gasteiger partial charge in [0.1, 0.15) is 11.5 Å². The van der Waals surface area contributed by atoms with Gasteiger partial charge in [0.05, 0.1) is 0 Å². The molecule has 0 radical (unpaired) electrons. The zero-order valence-corrected chi connectivity index (χ0v) is 12.6. The number of amides is 1. The van der Waals surface area contributed by atoms with Crippen LogP contribution in [0.3, 0.4) is 0 Å². The number of rotatable bonds is 4. The van der Waals surface area contributed by atoms with Crippen LogP contribution in [-0.2, 0) is 13.5 Å². The summed E-state index contributed by atoms with van der Waals surface area (Å²) in [5.41, 5.74) is 0.384. The molecule has 1 aliphatic rings. The molecule has 22 heavy (non-hydrogen) atoms. The molecule has 1 amide bonds. The van der Waals surface area contributed by atoms with Crippen molar-refractivity contribution in [3.8, 4) is 0 Å². The Labute approximate surface area is 128 Å². The van der Waals surface area contributed by atoms with E-state index in [1.807, 2.05) is 6.07 Å². The van der Waals surface area contributed by atoms with E-state index >= 15 is 0 Å². The number of aromatic amines is 2. The second kappa shape index (κ2) is 6.21. The number of carbonyl (C=O) groups is 1. The summed E-state index contributed by atoms with van der Waals surface area (Å²) in [6, 6.07) is 3.70. The van der Waals surface area contributed by atoms with Gasteiger partial charge in [0.25, 0.3) is 5.91 Å². The Morgan fingerprint density at radius 1 is 1.45 bits per heavy atom. The Morgan fingerprint density at radius 3 is 2.95 bits per heavy atom. The van der Waals surface area contributed by atoms with Crippen LogP contribution in [0.4, 0.5) is 0 Å². The van der Waals surface area contributed by atoms with E-state index in [2.05, 4.69) is 20.5 Å². The molecule has 7 nitrogen and oxygen atoms in total. The Morgan fingerprint density at radius 2 is 2.27 bits per heavy atom. The molecule has 1 saturated carbocycles. The summed E-state index contributed by atoms with van der Waals surface area (Å²) in [7, 11) is 1.72. The van der Waals surface area contributed by atoms with E-state index in [4.69, 9.17) is 0 Å². The van der Waals surface area contributed by atoms with Gasteiger partial charge in [0.15, 0.2) is 0 Å². The quantitative estimate of drug-likeness (QED) is 0.785. The third-order valence-electron chi connectivity index (χ3n) is 4.49. The van der Waals surface area contributed by atoms with Crippen LogP contribution in [0.15, 0.2) is 23.1 Å². The van der Waals surface area contributed by atoms with Crippen molar-refractivity contribution in [1.82, 2.24) is 25.1 Å². The Balaban J connectivity index is 1.70. The summed E-state index contributed by atoms with van der Waals surface area (Å²) < 4.78 is 1.54. The fraction of sp³-hybridized carbons (Fsp3) is 0.533. The van der Waals surface area contributed by atoms with Crippen molar-refractivity contribution < 1.29 is 4.79 Å². The fourth-order valence-corrected chi connectivity index (χ4v) is 3.16. The lowest BCUT2D eigenvalue weighted by Crippen LogP contribution is -2.43. The summed E-state index contributed by atoms with van der Waals surface area (Å²) >= 11 is 0. The standard InChI is InChI=1S/C15H21N5O2/c1-20-13(18-19-15(20)22)9-10-5-2-3-6-11(10)17-14(21)12-7-4-8-16-12/h4,7-8,10-11,16H,2-3,5-6,9H2,1H3,(H,17,21)(H,19,22)/t10-,11-/m1/s1. The molecule has 3 N–H and O–H groups in total. The molecule has 1 aliphatic carbocycles. The zero-order valence-electron chi connectivity index (χ0n) is 12.6. The van der Waals surface area contributed by atoms with Gasteiger partial charge in [0, 0.05) is 25.7 Å². The molecule has 3 rings (SSSR count). The Kier molecular flexibility index (Phi) is 4.13. The summed E-state index contributed by atoms with van der Waals surface area (Å²) in [5, 5.41) is 9.67. The van der Waals surface area contributed by atoms with Crippen LogP contribution in [0.25, 0.3) is 0 Å². The van der Waals surface area contributed by atoms with Gasteiger partial charge in [0.2, 0.25) is 0 Å². The van der Waals surface area contributed by atoms with E-state index < -0.39 is 0 Å². The smallest absolute Gasteiger partial charge is 0.343 e. The Bertz CT molecular complexity index is 685. The van der Waals surface area contributed by atoms with Gasteiger partial charge in [-0.3, -0.25) is 9.36 Å². The first-order valence-electron chi connectivity index (χ1n) is 7.69. The molecule has 2 aromatic heterocycles. The van der Waals surface area contributed by atoms with E-state index in [1.165, 1.54) is 0 Å². The topological polar surface area (TPSA) is 95.6 Å². The summed E-state index contributed by atoms with van der Waals surface area (Å²) in [6.07, 6.45) is 6.72. The van der Waals surface area contributed by atoms with Crippen molar-refractivity contribution >= 4 is 5.91 Å². The first kappa shape index (κ1) is 14.6. The molecule has 0 aliphatic heterocycles. The SMILES string of the molecule is Cn1c(C[C@H]2CCCC[C@H]2NC(=O)c2ccc[nH]2)n[nH]c1=O. The summed E-state index contributed by atoms with van der Waals surface area (Å²) in [4.78, 5) is 26.6. The van der Waals surface area contributed by atoms with Crippen LogP contribution in [0.2, 0.25) is 0 Å². The lowest BCUT2D eigenvalue weighted by Gasteiger charge is -2.31. The predicted octanol–water partition coefficient (Wildman–Crippen LogP) is 0.968. The second-order valence-corrected chi connectivity index (χ2v) is 5.92. The largest absolute Gasteiger partial charge is 0.357 e. The van der Waals surface area contributed by atoms with Crippen molar-refractivity contribution in [1.29, 1.82) is 0 Å². The highest BCUT2D eigenvalue weighted by atomic mass is 16.2. The van der Waals surface area contributed by atoms with Gasteiger partial charge in [-0.15, -0.1) is 0 Å². The molecular formula is C15H21N5O2. The minimum atomic E-state index is -0.196. The van der Waals surface area contributed by atoms with Gasteiger partial charge in [-0.25, -0.2) is 9.89 Å². The van der Waals surface area contributed by atoms with Gasteiger partial charge in [-0.05, 0) is 30.9 Å². The van der Waals surface area contributed by atoms with Gasteiger partial charge in [-0.2, -0.15) is 5.10 Å². The predicted molar refractivity (Wildman–Crippen MR) is 81.5 cm³/mol. The highest BCUT2D eigenvalue weighted by Crippen LogP contribution is 2.27. The van der Waals surface area contributed by atoms with Crippen molar-refractivity contribution in [2.75, 3.05) is 0 Å². The molecule has 0 saturated heterocycles. The monoisotopic (exact) mass is 303 g/mol. The molecule has 0 bridgehead atoms. The molecule has 2 aromatic rings. The van der Waals surface area contributed by atoms with Gasteiger partial charge in [-0.1, -0.05) is 12.8 Å². The number of nitrogens with one attached hydrogen (secondary N) is 3. The first-order chi connectivity index (χ1) is 10.6. The molecule has 0 unspecified atom stereocenters. The average molecular weight is 303 g/mol. The van der Waals surface area contributed by atoms with Crippen LogP contribution in [0, 0.1) is 5.92 Å². The van der Waals surface area contributed by atoms with E-state index in [0.717, 1.165) is 31.5 Å². The number of aromatic nitrogens is 4. The maximum Gasteiger partial charge on any atom is 0.343 e. The lowest BCUT2D eigenvalue weighted by molar-refractivity contribution is 0.0900. The molecule has 7 heteroatoms. The number of H-pyrrole nitrogens is 2. The minimum absolute atomic E-state index is 0.0715. The van der Waals surface area contributed by atoms with Crippen LogP contribution in [0.5, 0.6) is 0 Å². The van der Waals surface area contributed by atoms with E-state index in [1.54, 1.807) is 23.9 Å². The average Bonchev–Trinajstić information content (AvgIpc) is 3.15. The molecule has 0 spiro atoms. The maximum absolute atomic E-state index is 12.2. The highest BCUT2D eigenvalue weighted by Gasteiger charge is 2.28. The molecule has 1 fully saturated rings. The third-order valence-corrected chi connectivity index (χ3v) is 4.49. The van der Waals surface area contributed by atoms with Crippen molar-refractivity contribution in [2.24, 2.45) is 13.0 Å². The summed E-state index contributed by atoms with van der Waals surface area (Å²) in [6.45, 7) is 0. The van der Waals surface area contributed by atoms with E-state index in [-0.39, 0.29) is 17.6 Å². The molecule has 2 atom stereocenters. The van der Waals surface area contributed by atoms with Crippen LogP contribution in [-0.4, -0.2) is 31.7 Å². The van der Waals surface area contributed by atoms with Crippen LogP contribution < -0.4 is 11.0 Å². The number of hydrogen-bond acceptors (Lipinski definition) is 3. The Hall–Kier alpha value is -2.31. The molecule has 0 aromatic carbocycles. The van der Waals surface area contributed by atoms with E-state index in [9.17, 15) is 9.59 Å². The van der Waals surface area contributed by atoms with E-state index in [0.29, 0.717) is 18.0 Å². The van der Waals surface area contributed by atoms with Gasteiger partial charge < -0.3 is 10.3 Å². The number of nitrogens with zero attached hydrogens (tertiary/aromatic N) is 2. The highest BCUT2D eigenvalue weighted by molar-refractivity contribution is 5.92. The summed E-state index contributed by atoms with van der Waals surface area (Å²) in [5.74, 6) is 0.982. The number of hydrogen-bond donors (Lipinski definition) is 3. The second-order valence-electron chi connectivity index (χ2n) is 5.92. The zero-order chi connectivity index (χ0) is 15.5. The first-order valence-corrected chi connectivity index (χ1v) is 7.69. The molecule has 2 heterocycles. The molecule has 118 valence electrons. The fourth-order valence-electron chi connectivity index (χ4n) is 3.16. The van der Waals surface area contributed by atoms with Crippen molar-refractivity contribution in [2.45, 2.75) is 38.1 Å². The van der Waals surface area contributed by atoms with Gasteiger partial charge >= 0.3 is 5.69 Å². The normalized spacial score (nSPS) is 21.7. The number of carbonyl (C=O) groups excluding carboxylic acids is 1. The lowest BCUT2D eigenvalue weighted by atomic mass is 9.82. The minimum Gasteiger partial charge on any atom is -0.357 e.